The summed E-state index contributed by atoms with van der Waals surface area (Å²) in [5.41, 5.74) is 0.531. The number of nitrogens with one attached hydrogen (secondary N) is 1. The molecule has 0 bridgehead atoms. The maximum atomic E-state index is 11.7. The minimum Gasteiger partial charge on any atom is -0.325 e. The second-order valence-electron chi connectivity index (χ2n) is 3.90. The SMILES string of the molecule is NS(=O)(=O)c1ccc(NC(=O)CSC2=NCCS2)cc1. The first-order valence-corrected chi connectivity index (χ1v) is 9.20. The highest BCUT2D eigenvalue weighted by Gasteiger charge is 2.11. The molecule has 1 aliphatic heterocycles. The molecule has 1 aromatic rings. The number of hydrogen-bond donors (Lipinski definition) is 2. The molecule has 1 aliphatic rings. The zero-order valence-electron chi connectivity index (χ0n) is 10.4. The summed E-state index contributed by atoms with van der Waals surface area (Å²) in [5, 5.41) is 7.68. The molecule has 0 atom stereocenters. The second-order valence-corrected chi connectivity index (χ2v) is 7.77. The van der Waals surface area contributed by atoms with Gasteiger partial charge in [-0.2, -0.15) is 0 Å². The summed E-state index contributed by atoms with van der Waals surface area (Å²) in [4.78, 5) is 16.0. The third-order valence-corrected chi connectivity index (χ3v) is 5.53. The molecule has 2 rings (SSSR count). The van der Waals surface area contributed by atoms with Crippen LogP contribution in [0.5, 0.6) is 0 Å². The number of rotatable bonds is 4. The highest BCUT2D eigenvalue weighted by Crippen LogP contribution is 2.22. The summed E-state index contributed by atoms with van der Waals surface area (Å²) in [7, 11) is -3.70. The van der Waals surface area contributed by atoms with Gasteiger partial charge in [0.25, 0.3) is 0 Å². The van der Waals surface area contributed by atoms with Gasteiger partial charge in [-0.1, -0.05) is 23.5 Å². The average Bonchev–Trinajstić information content (AvgIpc) is 2.89. The monoisotopic (exact) mass is 331 g/mol. The van der Waals surface area contributed by atoms with Crippen molar-refractivity contribution in [3.63, 3.8) is 0 Å². The normalized spacial score (nSPS) is 14.9. The van der Waals surface area contributed by atoms with Gasteiger partial charge in [-0.25, -0.2) is 13.6 Å². The molecule has 0 radical (unpaired) electrons. The number of benzene rings is 1. The molecule has 1 amide bonds. The number of aliphatic imine (C=N–C) groups is 1. The van der Waals surface area contributed by atoms with E-state index >= 15 is 0 Å². The predicted molar refractivity (Wildman–Crippen MR) is 83.7 cm³/mol. The Bertz CT molecular complexity index is 626. The van der Waals surface area contributed by atoms with Gasteiger partial charge in [-0.15, -0.1) is 0 Å². The molecular formula is C11H13N3O3S3. The molecule has 0 fully saturated rings. The summed E-state index contributed by atoms with van der Waals surface area (Å²) in [5.74, 6) is 1.09. The summed E-state index contributed by atoms with van der Waals surface area (Å²) >= 11 is 3.05. The van der Waals surface area contributed by atoms with E-state index in [1.165, 1.54) is 36.0 Å². The van der Waals surface area contributed by atoms with E-state index in [0.717, 1.165) is 16.7 Å². The molecule has 3 N–H and O–H groups in total. The van der Waals surface area contributed by atoms with Gasteiger partial charge in [-0.3, -0.25) is 9.79 Å². The molecule has 0 saturated heterocycles. The maximum absolute atomic E-state index is 11.7. The van der Waals surface area contributed by atoms with E-state index in [4.69, 9.17) is 5.14 Å². The molecule has 20 heavy (non-hydrogen) atoms. The van der Waals surface area contributed by atoms with E-state index in [2.05, 4.69) is 10.3 Å². The fourth-order valence-electron chi connectivity index (χ4n) is 1.46. The third kappa shape index (κ3) is 4.51. The Morgan fingerprint density at radius 1 is 1.40 bits per heavy atom. The molecule has 1 heterocycles. The molecule has 0 aliphatic carbocycles. The molecule has 1 aromatic carbocycles. The number of hydrogen-bond acceptors (Lipinski definition) is 6. The van der Waals surface area contributed by atoms with E-state index in [-0.39, 0.29) is 16.6 Å². The molecule has 0 spiro atoms. The van der Waals surface area contributed by atoms with Crippen LogP contribution in [0.2, 0.25) is 0 Å². The lowest BCUT2D eigenvalue weighted by Crippen LogP contribution is -2.15. The number of carbonyl (C=O) groups excluding carboxylic acids is 1. The van der Waals surface area contributed by atoms with Gasteiger partial charge in [-0.05, 0) is 24.3 Å². The zero-order chi connectivity index (χ0) is 14.6. The van der Waals surface area contributed by atoms with E-state index < -0.39 is 10.0 Å². The predicted octanol–water partition coefficient (Wildman–Crippen LogP) is 1.11. The Balaban J connectivity index is 1.88. The van der Waals surface area contributed by atoms with Crippen LogP contribution in [0, 0.1) is 0 Å². The van der Waals surface area contributed by atoms with Gasteiger partial charge in [0.15, 0.2) is 0 Å². The van der Waals surface area contributed by atoms with E-state index in [9.17, 15) is 13.2 Å². The number of primary sulfonamides is 1. The summed E-state index contributed by atoms with van der Waals surface area (Å²) in [6, 6.07) is 5.72. The van der Waals surface area contributed by atoms with Crippen molar-refractivity contribution < 1.29 is 13.2 Å². The standard InChI is InChI=1S/C11H13N3O3S3/c12-20(16,17)9-3-1-8(2-4-9)14-10(15)7-19-11-13-5-6-18-11/h1-4H,5-7H2,(H,14,15)(H2,12,16,17). The first-order valence-electron chi connectivity index (χ1n) is 5.68. The van der Waals surface area contributed by atoms with Crippen LogP contribution < -0.4 is 10.5 Å². The van der Waals surface area contributed by atoms with Crippen LogP contribution in [0.4, 0.5) is 5.69 Å². The van der Waals surface area contributed by atoms with Crippen LogP contribution in [-0.2, 0) is 14.8 Å². The topological polar surface area (TPSA) is 102 Å². The van der Waals surface area contributed by atoms with Crippen molar-refractivity contribution in [1.29, 1.82) is 0 Å². The molecule has 6 nitrogen and oxygen atoms in total. The fourth-order valence-corrected chi connectivity index (χ4v) is 3.78. The fraction of sp³-hybridized carbons (Fsp3) is 0.273. The summed E-state index contributed by atoms with van der Waals surface area (Å²) in [6.07, 6.45) is 0. The lowest BCUT2D eigenvalue weighted by molar-refractivity contribution is -0.113. The highest BCUT2D eigenvalue weighted by atomic mass is 32.2. The van der Waals surface area contributed by atoms with Crippen molar-refractivity contribution in [2.24, 2.45) is 10.1 Å². The Hall–Kier alpha value is -1.03. The number of amides is 1. The van der Waals surface area contributed by atoms with Gasteiger partial charge in [0.1, 0.15) is 4.38 Å². The number of nitrogens with zero attached hydrogens (tertiary/aromatic N) is 1. The molecular weight excluding hydrogens is 318 g/mol. The smallest absolute Gasteiger partial charge is 0.238 e. The maximum Gasteiger partial charge on any atom is 0.238 e. The van der Waals surface area contributed by atoms with Crippen molar-refractivity contribution in [3.05, 3.63) is 24.3 Å². The van der Waals surface area contributed by atoms with Gasteiger partial charge in [0.05, 0.1) is 17.2 Å². The molecule has 0 aromatic heterocycles. The van der Waals surface area contributed by atoms with Crippen molar-refractivity contribution in [3.8, 4) is 0 Å². The summed E-state index contributed by atoms with van der Waals surface area (Å²) < 4.78 is 23.1. The Morgan fingerprint density at radius 2 is 2.10 bits per heavy atom. The summed E-state index contributed by atoms with van der Waals surface area (Å²) in [6.45, 7) is 0.809. The van der Waals surface area contributed by atoms with Crippen molar-refractivity contribution in [1.82, 2.24) is 0 Å². The Morgan fingerprint density at radius 3 is 2.65 bits per heavy atom. The molecule has 108 valence electrons. The van der Waals surface area contributed by atoms with Crippen LogP contribution in [0.3, 0.4) is 0 Å². The Kier molecular flexibility index (Phi) is 5.08. The van der Waals surface area contributed by atoms with Gasteiger partial charge >= 0.3 is 0 Å². The number of nitrogens with two attached hydrogens (primary N) is 1. The molecule has 0 unspecified atom stereocenters. The molecule has 0 saturated carbocycles. The Labute approximate surface area is 125 Å². The average molecular weight is 331 g/mol. The van der Waals surface area contributed by atoms with Gasteiger partial charge < -0.3 is 5.32 Å². The van der Waals surface area contributed by atoms with Crippen LogP contribution in [0.25, 0.3) is 0 Å². The van der Waals surface area contributed by atoms with E-state index in [1.54, 1.807) is 11.8 Å². The van der Waals surface area contributed by atoms with Crippen molar-refractivity contribution in [2.45, 2.75) is 4.90 Å². The minimum atomic E-state index is -3.70. The van der Waals surface area contributed by atoms with Crippen LogP contribution in [0.15, 0.2) is 34.2 Å². The van der Waals surface area contributed by atoms with Crippen LogP contribution in [-0.4, -0.2) is 36.8 Å². The number of sulfonamides is 1. The van der Waals surface area contributed by atoms with Crippen LogP contribution >= 0.6 is 23.5 Å². The minimum absolute atomic E-state index is 0.0154. The van der Waals surface area contributed by atoms with Crippen molar-refractivity contribution in [2.75, 3.05) is 23.4 Å². The van der Waals surface area contributed by atoms with Gasteiger partial charge in [0, 0.05) is 11.4 Å². The van der Waals surface area contributed by atoms with Crippen LogP contribution in [0.1, 0.15) is 0 Å². The number of anilines is 1. The quantitative estimate of drug-likeness (QED) is 0.860. The number of thioether (sulfide) groups is 2. The zero-order valence-corrected chi connectivity index (χ0v) is 12.9. The highest BCUT2D eigenvalue weighted by molar-refractivity contribution is 8.39. The first-order chi connectivity index (χ1) is 9.45. The molecule has 9 heteroatoms. The third-order valence-electron chi connectivity index (χ3n) is 2.35. The van der Waals surface area contributed by atoms with Crippen molar-refractivity contribution >= 4 is 49.5 Å². The van der Waals surface area contributed by atoms with E-state index in [0.29, 0.717) is 5.69 Å². The lowest BCUT2D eigenvalue weighted by Gasteiger charge is -2.05. The van der Waals surface area contributed by atoms with Gasteiger partial charge in [0.2, 0.25) is 15.9 Å². The van der Waals surface area contributed by atoms with E-state index in [1.807, 2.05) is 0 Å². The first kappa shape index (κ1) is 15.4. The second kappa shape index (κ2) is 6.61. The lowest BCUT2D eigenvalue weighted by atomic mass is 10.3. The largest absolute Gasteiger partial charge is 0.325 e. The number of carbonyl (C=O) groups is 1.